The SMILES string of the molecule is COc1ccc(N(Cc2cccc(F)c2)S(=O)(=O)c2ccccc2)cc1. The minimum atomic E-state index is -3.81. The third kappa shape index (κ3) is 3.86. The van der Waals surface area contributed by atoms with E-state index in [2.05, 4.69) is 0 Å². The van der Waals surface area contributed by atoms with Crippen molar-refractivity contribution in [2.75, 3.05) is 11.4 Å². The number of anilines is 1. The number of ether oxygens (including phenoxy) is 1. The highest BCUT2D eigenvalue weighted by molar-refractivity contribution is 7.92. The average Bonchev–Trinajstić information content (AvgIpc) is 2.67. The molecule has 134 valence electrons. The topological polar surface area (TPSA) is 46.6 Å². The maximum atomic E-state index is 13.6. The summed E-state index contributed by atoms with van der Waals surface area (Å²) in [5, 5.41) is 0. The van der Waals surface area contributed by atoms with Gasteiger partial charge in [0.05, 0.1) is 24.2 Å². The Morgan fingerprint density at radius 1 is 0.923 bits per heavy atom. The molecule has 0 aromatic heterocycles. The molecule has 26 heavy (non-hydrogen) atoms. The molecule has 0 heterocycles. The molecule has 0 aliphatic rings. The summed E-state index contributed by atoms with van der Waals surface area (Å²) >= 11 is 0. The summed E-state index contributed by atoms with van der Waals surface area (Å²) in [6.45, 7) is 0.0152. The monoisotopic (exact) mass is 371 g/mol. The smallest absolute Gasteiger partial charge is 0.264 e. The molecule has 3 rings (SSSR count). The molecule has 4 nitrogen and oxygen atoms in total. The van der Waals surface area contributed by atoms with Gasteiger partial charge in [-0.25, -0.2) is 12.8 Å². The lowest BCUT2D eigenvalue weighted by Crippen LogP contribution is -2.30. The second kappa shape index (κ2) is 7.58. The van der Waals surface area contributed by atoms with E-state index in [0.717, 1.165) is 0 Å². The number of nitrogens with zero attached hydrogens (tertiary/aromatic N) is 1. The van der Waals surface area contributed by atoms with Crippen LogP contribution in [0, 0.1) is 5.82 Å². The van der Waals surface area contributed by atoms with Gasteiger partial charge in [-0.2, -0.15) is 0 Å². The predicted octanol–water partition coefficient (Wildman–Crippen LogP) is 4.23. The van der Waals surface area contributed by atoms with Crippen molar-refractivity contribution in [3.05, 3.63) is 90.2 Å². The van der Waals surface area contributed by atoms with Gasteiger partial charge < -0.3 is 4.74 Å². The van der Waals surface area contributed by atoms with Crippen molar-refractivity contribution < 1.29 is 17.5 Å². The quantitative estimate of drug-likeness (QED) is 0.651. The molecule has 0 saturated carbocycles. The fourth-order valence-electron chi connectivity index (χ4n) is 2.58. The van der Waals surface area contributed by atoms with E-state index < -0.39 is 15.8 Å². The van der Waals surface area contributed by atoms with Gasteiger partial charge in [0.15, 0.2) is 0 Å². The summed E-state index contributed by atoms with van der Waals surface area (Å²) in [5.41, 5.74) is 1.03. The van der Waals surface area contributed by atoms with Gasteiger partial charge in [-0.3, -0.25) is 4.31 Å². The molecule has 0 bridgehead atoms. The first-order valence-corrected chi connectivity index (χ1v) is 9.41. The zero-order valence-electron chi connectivity index (χ0n) is 14.2. The molecule has 3 aromatic carbocycles. The molecule has 3 aromatic rings. The first-order valence-electron chi connectivity index (χ1n) is 7.97. The Morgan fingerprint density at radius 3 is 2.23 bits per heavy atom. The van der Waals surface area contributed by atoms with Crippen LogP contribution in [0.1, 0.15) is 5.56 Å². The van der Waals surface area contributed by atoms with Gasteiger partial charge in [-0.15, -0.1) is 0 Å². The number of halogens is 1. The summed E-state index contributed by atoms with van der Waals surface area (Å²) in [5.74, 6) is 0.214. The second-order valence-corrected chi connectivity index (χ2v) is 7.51. The Labute approximate surface area is 152 Å². The van der Waals surface area contributed by atoms with Crippen molar-refractivity contribution in [3.63, 3.8) is 0 Å². The Balaban J connectivity index is 2.06. The van der Waals surface area contributed by atoms with E-state index in [1.54, 1.807) is 61.7 Å². The van der Waals surface area contributed by atoms with Crippen molar-refractivity contribution in [2.45, 2.75) is 11.4 Å². The molecule has 0 spiro atoms. The molecule has 0 aliphatic carbocycles. The van der Waals surface area contributed by atoms with Crippen LogP contribution >= 0.6 is 0 Å². The number of sulfonamides is 1. The van der Waals surface area contributed by atoms with Crippen molar-refractivity contribution in [1.29, 1.82) is 0 Å². The van der Waals surface area contributed by atoms with E-state index in [-0.39, 0.29) is 11.4 Å². The lowest BCUT2D eigenvalue weighted by Gasteiger charge is -2.25. The molecular formula is C20H18FNO3S. The van der Waals surface area contributed by atoms with Gasteiger partial charge >= 0.3 is 0 Å². The molecule has 6 heteroatoms. The lowest BCUT2D eigenvalue weighted by atomic mass is 10.2. The van der Waals surface area contributed by atoms with Gasteiger partial charge in [-0.1, -0.05) is 30.3 Å². The Hall–Kier alpha value is -2.86. The van der Waals surface area contributed by atoms with E-state index >= 15 is 0 Å². The van der Waals surface area contributed by atoms with Crippen LogP contribution in [0.3, 0.4) is 0 Å². The Morgan fingerprint density at radius 2 is 1.62 bits per heavy atom. The summed E-state index contributed by atoms with van der Waals surface area (Å²) in [4.78, 5) is 0.173. The number of benzene rings is 3. The molecule has 0 fully saturated rings. The largest absolute Gasteiger partial charge is 0.497 e. The van der Waals surface area contributed by atoms with E-state index in [9.17, 15) is 12.8 Å². The average molecular weight is 371 g/mol. The van der Waals surface area contributed by atoms with Gasteiger partial charge in [0, 0.05) is 0 Å². The maximum absolute atomic E-state index is 13.6. The van der Waals surface area contributed by atoms with E-state index in [0.29, 0.717) is 17.0 Å². The van der Waals surface area contributed by atoms with Gasteiger partial charge in [0.1, 0.15) is 11.6 Å². The molecule has 0 radical (unpaired) electrons. The minimum Gasteiger partial charge on any atom is -0.497 e. The summed E-state index contributed by atoms with van der Waals surface area (Å²) in [6, 6.07) is 20.8. The highest BCUT2D eigenvalue weighted by Crippen LogP contribution is 2.27. The van der Waals surface area contributed by atoms with E-state index in [1.807, 2.05) is 0 Å². The number of rotatable bonds is 6. The van der Waals surface area contributed by atoms with E-state index in [4.69, 9.17) is 4.74 Å². The van der Waals surface area contributed by atoms with Gasteiger partial charge in [-0.05, 0) is 54.1 Å². The third-order valence-corrected chi connectivity index (χ3v) is 5.69. The van der Waals surface area contributed by atoms with Crippen molar-refractivity contribution >= 4 is 15.7 Å². The Kier molecular flexibility index (Phi) is 5.23. The molecule has 0 unspecified atom stereocenters. The van der Waals surface area contributed by atoms with Crippen LogP contribution in [0.5, 0.6) is 5.75 Å². The lowest BCUT2D eigenvalue weighted by molar-refractivity contribution is 0.415. The molecule has 0 amide bonds. The van der Waals surface area contributed by atoms with E-state index in [1.165, 1.54) is 28.6 Å². The van der Waals surface area contributed by atoms with Crippen LogP contribution in [0.4, 0.5) is 10.1 Å². The predicted molar refractivity (Wildman–Crippen MR) is 99.2 cm³/mol. The molecule has 0 N–H and O–H groups in total. The number of hydrogen-bond donors (Lipinski definition) is 0. The first-order chi connectivity index (χ1) is 12.5. The molecular weight excluding hydrogens is 353 g/mol. The second-order valence-electron chi connectivity index (χ2n) is 5.65. The normalized spacial score (nSPS) is 11.2. The summed E-state index contributed by atoms with van der Waals surface area (Å²) in [6.07, 6.45) is 0. The maximum Gasteiger partial charge on any atom is 0.264 e. The highest BCUT2D eigenvalue weighted by Gasteiger charge is 2.25. The highest BCUT2D eigenvalue weighted by atomic mass is 32.2. The van der Waals surface area contributed by atoms with Crippen molar-refractivity contribution in [3.8, 4) is 5.75 Å². The summed E-state index contributed by atoms with van der Waals surface area (Å²) in [7, 11) is -2.27. The Bertz CT molecular complexity index is 973. The van der Waals surface area contributed by atoms with Crippen LogP contribution in [0.15, 0.2) is 83.8 Å². The van der Waals surface area contributed by atoms with Crippen LogP contribution in [0.25, 0.3) is 0 Å². The van der Waals surface area contributed by atoms with Crippen molar-refractivity contribution in [1.82, 2.24) is 0 Å². The zero-order valence-corrected chi connectivity index (χ0v) is 15.0. The molecule has 0 atom stereocenters. The van der Waals surface area contributed by atoms with Crippen LogP contribution in [-0.2, 0) is 16.6 Å². The van der Waals surface area contributed by atoms with Gasteiger partial charge in [0.25, 0.3) is 10.0 Å². The van der Waals surface area contributed by atoms with Crippen LogP contribution in [0.2, 0.25) is 0 Å². The molecule has 0 saturated heterocycles. The zero-order chi connectivity index (χ0) is 18.6. The molecule has 0 aliphatic heterocycles. The first kappa shape index (κ1) is 17.9. The fraction of sp³-hybridized carbons (Fsp3) is 0.100. The summed E-state index contributed by atoms with van der Waals surface area (Å²) < 4.78 is 46.3. The number of hydrogen-bond acceptors (Lipinski definition) is 3. The fourth-order valence-corrected chi connectivity index (χ4v) is 4.06. The third-order valence-electron chi connectivity index (χ3n) is 3.91. The minimum absolute atomic E-state index is 0.0152. The van der Waals surface area contributed by atoms with Crippen molar-refractivity contribution in [2.24, 2.45) is 0 Å². The standard InChI is InChI=1S/C20H18FNO3S/c1-25-19-12-10-18(11-13-19)22(15-16-6-5-7-17(21)14-16)26(23,24)20-8-3-2-4-9-20/h2-14H,15H2,1H3. The van der Waals surface area contributed by atoms with Gasteiger partial charge in [0.2, 0.25) is 0 Å². The van der Waals surface area contributed by atoms with Crippen LogP contribution in [-0.4, -0.2) is 15.5 Å². The van der Waals surface area contributed by atoms with Crippen LogP contribution < -0.4 is 9.04 Å². The number of methoxy groups -OCH3 is 1.